The molecule has 3 N–H and O–H groups in total. The Labute approximate surface area is 156 Å². The van der Waals surface area contributed by atoms with Crippen molar-refractivity contribution >= 4 is 29.9 Å². The van der Waals surface area contributed by atoms with E-state index < -0.39 is 23.8 Å². The van der Waals surface area contributed by atoms with Crippen molar-refractivity contribution in [3.8, 4) is 0 Å². The minimum atomic E-state index is -4.59. The standard InChI is InChI=1S/C16H22F3N3O3.ClH/c1-3-22(15(24)8-11(9-20)25-2)10-14(23)21-13-7-5-4-6-12(13)16(17,18)19;/h4-7,11H,3,8-10,20H2,1-2H3,(H,21,23);1H. The van der Waals surface area contributed by atoms with Gasteiger partial charge in [-0.1, -0.05) is 12.1 Å². The predicted octanol–water partition coefficient (Wildman–Crippen LogP) is 2.28. The zero-order valence-electron chi connectivity index (χ0n) is 14.5. The second-order valence-electron chi connectivity index (χ2n) is 5.30. The van der Waals surface area contributed by atoms with Crippen LogP contribution in [0, 0.1) is 0 Å². The second kappa shape index (κ2) is 11.0. The third kappa shape index (κ3) is 7.19. The number of nitrogens with two attached hydrogens (primary N) is 1. The van der Waals surface area contributed by atoms with Gasteiger partial charge in [-0.15, -0.1) is 12.4 Å². The van der Waals surface area contributed by atoms with Crippen LogP contribution in [-0.4, -0.2) is 49.6 Å². The number of ether oxygens (including phenoxy) is 1. The molecule has 1 atom stereocenters. The Bertz CT molecular complexity index is 596. The smallest absolute Gasteiger partial charge is 0.380 e. The predicted molar refractivity (Wildman–Crippen MR) is 94.0 cm³/mol. The fourth-order valence-electron chi connectivity index (χ4n) is 2.17. The fraction of sp³-hybridized carbons (Fsp3) is 0.500. The van der Waals surface area contributed by atoms with Gasteiger partial charge in [0.05, 0.1) is 30.3 Å². The van der Waals surface area contributed by atoms with Crippen molar-refractivity contribution in [1.29, 1.82) is 0 Å². The Morgan fingerprint density at radius 1 is 1.31 bits per heavy atom. The average molecular weight is 398 g/mol. The summed E-state index contributed by atoms with van der Waals surface area (Å²) in [6.07, 6.45) is -5.07. The van der Waals surface area contributed by atoms with Gasteiger partial charge in [0.2, 0.25) is 11.8 Å². The molecule has 0 heterocycles. The molecule has 1 aromatic rings. The summed E-state index contributed by atoms with van der Waals surface area (Å²) in [5.41, 5.74) is 4.16. The number of hydrogen-bond acceptors (Lipinski definition) is 4. The van der Waals surface area contributed by atoms with Gasteiger partial charge in [-0.25, -0.2) is 0 Å². The molecule has 0 aromatic heterocycles. The van der Waals surface area contributed by atoms with Crippen LogP contribution in [0.3, 0.4) is 0 Å². The lowest BCUT2D eigenvalue weighted by Crippen LogP contribution is -2.40. The molecule has 1 unspecified atom stereocenters. The number of benzene rings is 1. The quantitative estimate of drug-likeness (QED) is 0.704. The van der Waals surface area contributed by atoms with Gasteiger partial charge in [-0.3, -0.25) is 9.59 Å². The van der Waals surface area contributed by atoms with Crippen LogP contribution in [-0.2, 0) is 20.5 Å². The van der Waals surface area contributed by atoms with E-state index in [1.165, 1.54) is 24.1 Å². The summed E-state index contributed by atoms with van der Waals surface area (Å²) in [7, 11) is 1.42. The third-order valence-corrected chi connectivity index (χ3v) is 3.57. The highest BCUT2D eigenvalue weighted by molar-refractivity contribution is 5.95. The van der Waals surface area contributed by atoms with Gasteiger partial charge in [-0.05, 0) is 19.1 Å². The summed E-state index contributed by atoms with van der Waals surface area (Å²) in [5.74, 6) is -1.08. The van der Waals surface area contributed by atoms with E-state index >= 15 is 0 Å². The summed E-state index contributed by atoms with van der Waals surface area (Å²) >= 11 is 0. The minimum absolute atomic E-state index is 0. The Morgan fingerprint density at radius 3 is 2.42 bits per heavy atom. The number of carbonyl (C=O) groups excluding carboxylic acids is 2. The van der Waals surface area contributed by atoms with Crippen LogP contribution in [0.2, 0.25) is 0 Å². The highest BCUT2D eigenvalue weighted by Gasteiger charge is 2.33. The first-order valence-electron chi connectivity index (χ1n) is 7.69. The SMILES string of the molecule is CCN(CC(=O)Nc1ccccc1C(F)(F)F)C(=O)CC(CN)OC.Cl. The minimum Gasteiger partial charge on any atom is -0.380 e. The van der Waals surface area contributed by atoms with Crippen LogP contribution in [0.1, 0.15) is 18.9 Å². The summed E-state index contributed by atoms with van der Waals surface area (Å²) in [6, 6.07) is 4.66. The average Bonchev–Trinajstić information content (AvgIpc) is 2.56. The maximum atomic E-state index is 12.9. The number of halogens is 4. The molecule has 0 aliphatic rings. The van der Waals surface area contributed by atoms with E-state index in [1.54, 1.807) is 6.92 Å². The van der Waals surface area contributed by atoms with E-state index in [4.69, 9.17) is 10.5 Å². The van der Waals surface area contributed by atoms with Crippen molar-refractivity contribution in [2.45, 2.75) is 25.6 Å². The molecular formula is C16H23ClF3N3O3. The monoisotopic (exact) mass is 397 g/mol. The molecule has 148 valence electrons. The van der Waals surface area contributed by atoms with E-state index in [0.717, 1.165) is 12.1 Å². The molecule has 0 saturated heterocycles. The van der Waals surface area contributed by atoms with Gasteiger partial charge in [-0.2, -0.15) is 13.2 Å². The molecule has 10 heteroatoms. The first kappa shape index (κ1) is 24.2. The number of anilines is 1. The van der Waals surface area contributed by atoms with E-state index in [0.29, 0.717) is 0 Å². The van der Waals surface area contributed by atoms with Crippen molar-refractivity contribution in [1.82, 2.24) is 4.90 Å². The number of methoxy groups -OCH3 is 1. The number of rotatable bonds is 8. The fourth-order valence-corrected chi connectivity index (χ4v) is 2.17. The van der Waals surface area contributed by atoms with Gasteiger partial charge in [0, 0.05) is 20.2 Å². The molecule has 0 bridgehead atoms. The zero-order chi connectivity index (χ0) is 19.0. The molecule has 0 aliphatic heterocycles. The second-order valence-corrected chi connectivity index (χ2v) is 5.30. The molecule has 1 rings (SSSR count). The van der Waals surface area contributed by atoms with Crippen molar-refractivity contribution in [3.63, 3.8) is 0 Å². The summed E-state index contributed by atoms with van der Waals surface area (Å²) in [4.78, 5) is 25.4. The summed E-state index contributed by atoms with van der Waals surface area (Å²) in [6.45, 7) is 1.68. The lowest BCUT2D eigenvalue weighted by molar-refractivity contribution is -0.138. The molecule has 26 heavy (non-hydrogen) atoms. The van der Waals surface area contributed by atoms with Crippen LogP contribution in [0.4, 0.5) is 18.9 Å². The molecule has 0 saturated carbocycles. The molecular weight excluding hydrogens is 375 g/mol. The van der Waals surface area contributed by atoms with Gasteiger partial charge < -0.3 is 20.7 Å². The molecule has 0 spiro atoms. The Kier molecular flexibility index (Phi) is 10.2. The van der Waals surface area contributed by atoms with E-state index in [2.05, 4.69) is 5.32 Å². The van der Waals surface area contributed by atoms with E-state index in [1.807, 2.05) is 0 Å². The van der Waals surface area contributed by atoms with Crippen LogP contribution < -0.4 is 11.1 Å². The third-order valence-electron chi connectivity index (χ3n) is 3.57. The summed E-state index contributed by atoms with van der Waals surface area (Å²) in [5, 5.41) is 2.21. The number of nitrogens with one attached hydrogen (secondary N) is 1. The number of carbonyl (C=O) groups is 2. The maximum absolute atomic E-state index is 12.9. The maximum Gasteiger partial charge on any atom is 0.418 e. The van der Waals surface area contributed by atoms with Crippen LogP contribution in [0.5, 0.6) is 0 Å². The van der Waals surface area contributed by atoms with Gasteiger partial charge in [0.1, 0.15) is 0 Å². The first-order chi connectivity index (χ1) is 11.7. The van der Waals surface area contributed by atoms with Crippen molar-refractivity contribution in [2.24, 2.45) is 5.73 Å². The molecule has 2 amide bonds. The number of para-hydroxylation sites is 1. The Hall–Kier alpha value is -1.84. The topological polar surface area (TPSA) is 84.7 Å². The number of amides is 2. The normalized spacial score (nSPS) is 12.1. The van der Waals surface area contributed by atoms with Crippen molar-refractivity contribution < 1.29 is 27.5 Å². The van der Waals surface area contributed by atoms with E-state index in [9.17, 15) is 22.8 Å². The van der Waals surface area contributed by atoms with Crippen LogP contribution >= 0.6 is 12.4 Å². The highest BCUT2D eigenvalue weighted by atomic mass is 35.5. The highest BCUT2D eigenvalue weighted by Crippen LogP contribution is 2.34. The number of hydrogen-bond donors (Lipinski definition) is 2. The first-order valence-corrected chi connectivity index (χ1v) is 7.69. The Balaban J connectivity index is 0.00000625. The van der Waals surface area contributed by atoms with Gasteiger partial charge in [0.15, 0.2) is 0 Å². The number of alkyl halides is 3. The van der Waals surface area contributed by atoms with Crippen molar-refractivity contribution in [3.05, 3.63) is 29.8 Å². The molecule has 0 radical (unpaired) electrons. The van der Waals surface area contributed by atoms with Crippen LogP contribution in [0.15, 0.2) is 24.3 Å². The van der Waals surface area contributed by atoms with Crippen LogP contribution in [0.25, 0.3) is 0 Å². The Morgan fingerprint density at radius 2 is 1.92 bits per heavy atom. The van der Waals surface area contributed by atoms with E-state index in [-0.39, 0.29) is 50.1 Å². The molecule has 0 aliphatic carbocycles. The summed E-state index contributed by atoms with van der Waals surface area (Å²) < 4.78 is 43.8. The lowest BCUT2D eigenvalue weighted by Gasteiger charge is -2.23. The molecule has 1 aromatic carbocycles. The molecule has 6 nitrogen and oxygen atoms in total. The number of likely N-dealkylation sites (N-methyl/N-ethyl adjacent to an activating group) is 1. The molecule has 0 fully saturated rings. The largest absolute Gasteiger partial charge is 0.418 e. The van der Waals surface area contributed by atoms with Gasteiger partial charge in [0.25, 0.3) is 0 Å². The zero-order valence-corrected chi connectivity index (χ0v) is 15.3. The van der Waals surface area contributed by atoms with Gasteiger partial charge >= 0.3 is 6.18 Å². The van der Waals surface area contributed by atoms with Crippen molar-refractivity contribution in [2.75, 3.05) is 32.1 Å². The number of nitrogens with zero attached hydrogens (tertiary/aromatic N) is 1. The lowest BCUT2D eigenvalue weighted by atomic mass is 10.1.